The molecule has 0 saturated carbocycles. The lowest BCUT2D eigenvalue weighted by atomic mass is 10.1. The van der Waals surface area contributed by atoms with Gasteiger partial charge in [-0.2, -0.15) is 0 Å². The van der Waals surface area contributed by atoms with Crippen LogP contribution in [0.25, 0.3) is 22.2 Å². The Kier molecular flexibility index (Phi) is 3.66. The molecule has 0 N–H and O–H groups in total. The number of fused-ring (bicyclic) bond motifs is 1. The second-order valence-corrected chi connectivity index (χ2v) is 5.99. The van der Waals surface area contributed by atoms with Crippen molar-refractivity contribution in [2.45, 2.75) is 19.3 Å². The molecule has 4 heteroatoms. The molecule has 3 aromatic rings. The third-order valence-electron chi connectivity index (χ3n) is 4.39. The van der Waals surface area contributed by atoms with Gasteiger partial charge in [0.15, 0.2) is 0 Å². The van der Waals surface area contributed by atoms with Crippen molar-refractivity contribution in [2.75, 3.05) is 18.0 Å². The van der Waals surface area contributed by atoms with Crippen LogP contribution in [-0.2, 0) is 0 Å². The first-order chi connectivity index (χ1) is 11.3. The number of rotatable bonds is 2. The molecule has 2 heterocycles. The number of hydrogen-bond donors (Lipinski definition) is 0. The highest BCUT2D eigenvalue weighted by Crippen LogP contribution is 2.25. The molecule has 23 heavy (non-hydrogen) atoms. The average molecular weight is 307 g/mol. The summed E-state index contributed by atoms with van der Waals surface area (Å²) in [4.78, 5) is 11.6. The van der Waals surface area contributed by atoms with Gasteiger partial charge in [-0.25, -0.2) is 9.37 Å². The minimum atomic E-state index is -0.221. The van der Waals surface area contributed by atoms with Gasteiger partial charge >= 0.3 is 0 Å². The van der Waals surface area contributed by atoms with Crippen LogP contribution in [0.2, 0.25) is 0 Å². The van der Waals surface area contributed by atoms with E-state index in [1.54, 1.807) is 12.1 Å². The number of aromatic nitrogens is 2. The number of hydrogen-bond acceptors (Lipinski definition) is 3. The van der Waals surface area contributed by atoms with Crippen molar-refractivity contribution < 1.29 is 4.39 Å². The Labute approximate surface area is 134 Å². The van der Waals surface area contributed by atoms with Gasteiger partial charge in [-0.1, -0.05) is 18.2 Å². The van der Waals surface area contributed by atoms with Crippen LogP contribution in [-0.4, -0.2) is 23.1 Å². The van der Waals surface area contributed by atoms with E-state index in [0.29, 0.717) is 0 Å². The van der Waals surface area contributed by atoms with E-state index in [4.69, 9.17) is 4.98 Å². The Bertz CT molecular complexity index is 824. The van der Waals surface area contributed by atoms with Crippen LogP contribution in [0, 0.1) is 5.82 Å². The van der Waals surface area contributed by atoms with Crippen molar-refractivity contribution in [1.29, 1.82) is 0 Å². The highest BCUT2D eigenvalue weighted by atomic mass is 19.1. The molecule has 0 aliphatic carbocycles. The van der Waals surface area contributed by atoms with Crippen molar-refractivity contribution >= 4 is 16.9 Å². The fraction of sp³-hybridized carbons (Fsp3) is 0.263. The van der Waals surface area contributed by atoms with E-state index in [1.165, 1.54) is 31.4 Å². The number of benzene rings is 2. The molecule has 1 fully saturated rings. The van der Waals surface area contributed by atoms with E-state index in [0.717, 1.165) is 41.1 Å². The van der Waals surface area contributed by atoms with Crippen LogP contribution in [0.4, 0.5) is 10.2 Å². The van der Waals surface area contributed by atoms with Gasteiger partial charge in [-0.3, -0.25) is 4.98 Å². The third-order valence-corrected chi connectivity index (χ3v) is 4.39. The van der Waals surface area contributed by atoms with Crippen molar-refractivity contribution in [3.63, 3.8) is 0 Å². The van der Waals surface area contributed by atoms with E-state index >= 15 is 0 Å². The SMILES string of the molecule is Fc1ccc(-c2ccc3ncc(N4CCCCC4)nc3c2)cc1. The van der Waals surface area contributed by atoms with E-state index in [2.05, 4.69) is 9.88 Å². The quantitative estimate of drug-likeness (QED) is 0.701. The fourth-order valence-corrected chi connectivity index (χ4v) is 3.10. The first kappa shape index (κ1) is 14.1. The molecular weight excluding hydrogens is 289 g/mol. The lowest BCUT2D eigenvalue weighted by Gasteiger charge is -2.27. The summed E-state index contributed by atoms with van der Waals surface area (Å²) in [5.41, 5.74) is 3.78. The summed E-state index contributed by atoms with van der Waals surface area (Å²) in [5, 5.41) is 0. The summed E-state index contributed by atoms with van der Waals surface area (Å²) in [5.74, 6) is 0.732. The normalized spacial score (nSPS) is 15.1. The highest BCUT2D eigenvalue weighted by molar-refractivity contribution is 5.82. The van der Waals surface area contributed by atoms with Crippen molar-refractivity contribution in [3.8, 4) is 11.1 Å². The van der Waals surface area contributed by atoms with Crippen molar-refractivity contribution in [2.24, 2.45) is 0 Å². The molecule has 0 spiro atoms. The molecule has 0 bridgehead atoms. The third kappa shape index (κ3) is 2.89. The van der Waals surface area contributed by atoms with Gasteiger partial charge in [0.2, 0.25) is 0 Å². The van der Waals surface area contributed by atoms with Crippen LogP contribution in [0.15, 0.2) is 48.7 Å². The van der Waals surface area contributed by atoms with Crippen molar-refractivity contribution in [1.82, 2.24) is 9.97 Å². The molecule has 0 atom stereocenters. The summed E-state index contributed by atoms with van der Waals surface area (Å²) in [6.07, 6.45) is 5.60. The van der Waals surface area contributed by atoms with Crippen LogP contribution >= 0.6 is 0 Å². The van der Waals surface area contributed by atoms with Gasteiger partial charge < -0.3 is 4.90 Å². The number of nitrogens with zero attached hydrogens (tertiary/aromatic N) is 3. The molecule has 0 amide bonds. The van der Waals surface area contributed by atoms with Crippen LogP contribution in [0.5, 0.6) is 0 Å². The Morgan fingerprint density at radius 2 is 1.57 bits per heavy atom. The lowest BCUT2D eigenvalue weighted by Crippen LogP contribution is -2.30. The summed E-state index contributed by atoms with van der Waals surface area (Å²) in [7, 11) is 0. The summed E-state index contributed by atoms with van der Waals surface area (Å²) in [6, 6.07) is 12.6. The molecule has 116 valence electrons. The molecule has 1 saturated heterocycles. The summed E-state index contributed by atoms with van der Waals surface area (Å²) < 4.78 is 13.1. The summed E-state index contributed by atoms with van der Waals surface area (Å²) in [6.45, 7) is 2.11. The number of piperidine rings is 1. The van der Waals surface area contributed by atoms with Crippen LogP contribution in [0.1, 0.15) is 19.3 Å². The fourth-order valence-electron chi connectivity index (χ4n) is 3.10. The molecule has 0 unspecified atom stereocenters. The van der Waals surface area contributed by atoms with Crippen LogP contribution in [0.3, 0.4) is 0 Å². The summed E-state index contributed by atoms with van der Waals surface area (Å²) >= 11 is 0. The van der Waals surface area contributed by atoms with Gasteiger partial charge in [0.05, 0.1) is 17.2 Å². The average Bonchev–Trinajstić information content (AvgIpc) is 2.62. The lowest BCUT2D eigenvalue weighted by molar-refractivity contribution is 0.573. The molecular formula is C19H18FN3. The first-order valence-corrected chi connectivity index (χ1v) is 8.07. The second kappa shape index (κ2) is 5.95. The number of anilines is 1. The highest BCUT2D eigenvalue weighted by Gasteiger charge is 2.13. The Morgan fingerprint density at radius 3 is 2.35 bits per heavy atom. The van der Waals surface area contributed by atoms with Gasteiger partial charge in [0.25, 0.3) is 0 Å². The monoisotopic (exact) mass is 307 g/mol. The number of halogens is 1. The van der Waals surface area contributed by atoms with Crippen molar-refractivity contribution in [3.05, 3.63) is 54.5 Å². The zero-order chi connectivity index (χ0) is 15.6. The molecule has 0 radical (unpaired) electrons. The maximum Gasteiger partial charge on any atom is 0.147 e. The maximum absolute atomic E-state index is 13.1. The molecule has 3 nitrogen and oxygen atoms in total. The van der Waals surface area contributed by atoms with E-state index in [9.17, 15) is 4.39 Å². The molecule has 4 rings (SSSR count). The standard InChI is InChI=1S/C19H18FN3/c20-16-7-4-14(5-8-16)15-6-9-17-18(12-15)22-19(13-21-17)23-10-2-1-3-11-23/h4-9,12-13H,1-3,10-11H2. The largest absolute Gasteiger partial charge is 0.355 e. The zero-order valence-electron chi connectivity index (χ0n) is 12.9. The Hall–Kier alpha value is -2.49. The molecule has 1 aliphatic heterocycles. The minimum absolute atomic E-state index is 0.221. The van der Waals surface area contributed by atoms with Gasteiger partial charge in [-0.05, 0) is 54.7 Å². The van der Waals surface area contributed by atoms with E-state index < -0.39 is 0 Å². The van der Waals surface area contributed by atoms with Gasteiger partial charge in [0.1, 0.15) is 11.6 Å². The first-order valence-electron chi connectivity index (χ1n) is 8.07. The second-order valence-electron chi connectivity index (χ2n) is 5.99. The zero-order valence-corrected chi connectivity index (χ0v) is 12.9. The maximum atomic E-state index is 13.1. The molecule has 1 aliphatic rings. The minimum Gasteiger partial charge on any atom is -0.355 e. The Morgan fingerprint density at radius 1 is 0.826 bits per heavy atom. The van der Waals surface area contributed by atoms with Gasteiger partial charge in [-0.15, -0.1) is 0 Å². The smallest absolute Gasteiger partial charge is 0.147 e. The predicted octanol–water partition coefficient (Wildman–Crippen LogP) is 4.43. The predicted molar refractivity (Wildman–Crippen MR) is 91.0 cm³/mol. The molecule has 1 aromatic heterocycles. The van der Waals surface area contributed by atoms with Crippen LogP contribution < -0.4 is 4.90 Å². The van der Waals surface area contributed by atoms with E-state index in [-0.39, 0.29) is 5.82 Å². The molecule has 2 aromatic carbocycles. The Balaban J connectivity index is 1.72. The topological polar surface area (TPSA) is 29.0 Å². The van der Waals surface area contributed by atoms with E-state index in [1.807, 2.05) is 24.4 Å². The van der Waals surface area contributed by atoms with Gasteiger partial charge in [0, 0.05) is 13.1 Å².